The lowest BCUT2D eigenvalue weighted by Crippen LogP contribution is -2.49. The summed E-state index contributed by atoms with van der Waals surface area (Å²) in [5.74, 6) is 1.02. The number of carbonyl (C=O) groups is 1. The second-order valence-corrected chi connectivity index (χ2v) is 9.72. The third-order valence-corrected chi connectivity index (χ3v) is 6.45. The molecule has 1 aromatic heterocycles. The van der Waals surface area contributed by atoms with Gasteiger partial charge in [-0.2, -0.15) is 10.1 Å². The summed E-state index contributed by atoms with van der Waals surface area (Å²) in [5, 5.41) is 7.19. The van der Waals surface area contributed by atoms with E-state index < -0.39 is 12.5 Å². The van der Waals surface area contributed by atoms with Crippen LogP contribution >= 0.6 is 0 Å². The van der Waals surface area contributed by atoms with E-state index in [0.717, 1.165) is 12.8 Å². The van der Waals surface area contributed by atoms with Crippen molar-refractivity contribution < 1.29 is 18.3 Å². The highest BCUT2D eigenvalue weighted by Gasteiger charge is 2.39. The second kappa shape index (κ2) is 9.03. The number of rotatable bonds is 5. The molecular formula is C23H31F2N5O2. The Morgan fingerprint density at radius 3 is 2.72 bits per heavy atom. The van der Waals surface area contributed by atoms with Gasteiger partial charge < -0.3 is 15.0 Å². The van der Waals surface area contributed by atoms with E-state index in [9.17, 15) is 13.6 Å². The van der Waals surface area contributed by atoms with Crippen molar-refractivity contribution in [2.45, 2.75) is 64.0 Å². The van der Waals surface area contributed by atoms with E-state index in [4.69, 9.17) is 4.74 Å². The summed E-state index contributed by atoms with van der Waals surface area (Å²) < 4.78 is 34.1. The van der Waals surface area contributed by atoms with Crippen LogP contribution in [-0.4, -0.2) is 57.7 Å². The predicted molar refractivity (Wildman–Crippen MR) is 117 cm³/mol. The molecule has 32 heavy (non-hydrogen) atoms. The number of aromatic nitrogens is 3. The highest BCUT2D eigenvalue weighted by Crippen LogP contribution is 2.35. The van der Waals surface area contributed by atoms with Crippen molar-refractivity contribution in [3.63, 3.8) is 0 Å². The van der Waals surface area contributed by atoms with Gasteiger partial charge in [-0.05, 0) is 48.3 Å². The molecule has 0 bridgehead atoms. The monoisotopic (exact) mass is 447 g/mol. The number of fused-ring (bicyclic) bond motifs is 1. The molecule has 1 amide bonds. The van der Waals surface area contributed by atoms with Crippen LogP contribution in [0.4, 0.5) is 14.7 Å². The van der Waals surface area contributed by atoms with E-state index in [1.165, 1.54) is 16.6 Å². The predicted octanol–water partition coefficient (Wildman–Crippen LogP) is 3.88. The SMILES string of the molecule is CC(C)(C)c1ccc(OCC(=O)N2CCCC([C@@H]3C[C@H](C(F)F)n4ncnc4N3)C2)cc1. The smallest absolute Gasteiger partial charge is 0.260 e. The molecule has 2 aliphatic heterocycles. The number of likely N-dealkylation sites (tertiary alicyclic amines) is 1. The van der Waals surface area contributed by atoms with Gasteiger partial charge in [0.05, 0.1) is 0 Å². The molecule has 3 atom stereocenters. The maximum absolute atomic E-state index is 13.6. The lowest BCUT2D eigenvalue weighted by molar-refractivity contribution is -0.135. The number of ether oxygens (including phenoxy) is 1. The second-order valence-electron chi connectivity index (χ2n) is 9.72. The van der Waals surface area contributed by atoms with Crippen LogP contribution in [0.1, 0.15) is 51.6 Å². The standard InChI is InChI=1S/C23H31F2N5O2/c1-23(2,3)16-6-8-17(9-7-16)32-13-20(31)29-10-4-5-15(12-29)18-11-19(21(24)25)30-22(28-18)26-14-27-30/h6-9,14-15,18-19,21H,4-5,10-13H2,1-3H3,(H,26,27,28)/t15?,18-,19+/m0/s1. The van der Waals surface area contributed by atoms with Crippen LogP contribution < -0.4 is 10.1 Å². The van der Waals surface area contributed by atoms with Crippen LogP contribution in [0, 0.1) is 5.92 Å². The summed E-state index contributed by atoms with van der Waals surface area (Å²) in [6, 6.07) is 6.64. The number of anilines is 1. The van der Waals surface area contributed by atoms with Gasteiger partial charge in [-0.15, -0.1) is 0 Å². The molecule has 174 valence electrons. The van der Waals surface area contributed by atoms with Gasteiger partial charge in [0.25, 0.3) is 12.3 Å². The number of nitrogens with zero attached hydrogens (tertiary/aromatic N) is 4. The summed E-state index contributed by atoms with van der Waals surface area (Å²) in [7, 11) is 0. The highest BCUT2D eigenvalue weighted by molar-refractivity contribution is 5.77. The molecule has 2 aliphatic rings. The van der Waals surface area contributed by atoms with Crippen molar-refractivity contribution in [3.8, 4) is 5.75 Å². The molecule has 1 aromatic carbocycles. The molecule has 0 aliphatic carbocycles. The topological polar surface area (TPSA) is 72.3 Å². The molecule has 3 heterocycles. The normalized spacial score (nSPS) is 23.6. The number of halogens is 2. The number of hydrogen-bond acceptors (Lipinski definition) is 5. The van der Waals surface area contributed by atoms with E-state index in [2.05, 4.69) is 36.2 Å². The molecule has 9 heteroatoms. The molecule has 2 aromatic rings. The first-order valence-corrected chi connectivity index (χ1v) is 11.2. The van der Waals surface area contributed by atoms with E-state index in [1.54, 1.807) is 4.90 Å². The number of alkyl halides is 2. The van der Waals surface area contributed by atoms with E-state index in [-0.39, 0.29) is 36.3 Å². The minimum Gasteiger partial charge on any atom is -0.484 e. The fourth-order valence-corrected chi connectivity index (χ4v) is 4.55. The Morgan fingerprint density at radius 1 is 1.28 bits per heavy atom. The summed E-state index contributed by atoms with van der Waals surface area (Å²) in [5.41, 5.74) is 1.26. The first-order valence-electron chi connectivity index (χ1n) is 11.2. The molecule has 1 fully saturated rings. The van der Waals surface area contributed by atoms with Crippen LogP contribution in [0.25, 0.3) is 0 Å². The van der Waals surface area contributed by atoms with Crippen molar-refractivity contribution >= 4 is 11.9 Å². The molecule has 0 saturated carbocycles. The fourth-order valence-electron chi connectivity index (χ4n) is 4.55. The Morgan fingerprint density at radius 2 is 2.03 bits per heavy atom. The van der Waals surface area contributed by atoms with Gasteiger partial charge in [0.15, 0.2) is 6.61 Å². The fraction of sp³-hybridized carbons (Fsp3) is 0.609. The average molecular weight is 448 g/mol. The number of hydrogen-bond donors (Lipinski definition) is 1. The van der Waals surface area contributed by atoms with Gasteiger partial charge in [0.2, 0.25) is 5.95 Å². The zero-order chi connectivity index (χ0) is 22.9. The van der Waals surface area contributed by atoms with Crippen LogP contribution in [0.5, 0.6) is 5.75 Å². The summed E-state index contributed by atoms with van der Waals surface area (Å²) in [6.45, 7) is 7.58. The number of carbonyl (C=O) groups excluding carboxylic acids is 1. The number of amides is 1. The van der Waals surface area contributed by atoms with E-state index in [1.807, 2.05) is 24.3 Å². The van der Waals surface area contributed by atoms with Crippen LogP contribution in [-0.2, 0) is 10.2 Å². The van der Waals surface area contributed by atoms with Gasteiger partial charge in [-0.25, -0.2) is 13.5 Å². The zero-order valence-electron chi connectivity index (χ0n) is 18.8. The average Bonchev–Trinajstić information content (AvgIpc) is 3.25. The Hall–Kier alpha value is -2.71. The third kappa shape index (κ3) is 4.86. The molecular weight excluding hydrogens is 416 g/mol. The van der Waals surface area contributed by atoms with Gasteiger partial charge >= 0.3 is 0 Å². The van der Waals surface area contributed by atoms with Gasteiger partial charge in [0, 0.05) is 19.1 Å². The van der Waals surface area contributed by atoms with Gasteiger partial charge in [-0.3, -0.25) is 4.79 Å². The molecule has 0 radical (unpaired) electrons. The lowest BCUT2D eigenvalue weighted by Gasteiger charge is -2.40. The highest BCUT2D eigenvalue weighted by atomic mass is 19.3. The molecule has 1 unspecified atom stereocenters. The van der Waals surface area contributed by atoms with Crippen molar-refractivity contribution in [1.82, 2.24) is 19.7 Å². The molecule has 0 spiro atoms. The summed E-state index contributed by atoms with van der Waals surface area (Å²) in [6.07, 6.45) is 0.751. The van der Waals surface area contributed by atoms with Gasteiger partial charge in [0.1, 0.15) is 18.1 Å². The molecule has 4 rings (SSSR count). The van der Waals surface area contributed by atoms with E-state index in [0.29, 0.717) is 24.8 Å². The Balaban J connectivity index is 1.34. The first-order chi connectivity index (χ1) is 15.2. The molecule has 7 nitrogen and oxygen atoms in total. The number of nitrogens with one attached hydrogen (secondary N) is 1. The lowest BCUT2D eigenvalue weighted by atomic mass is 9.86. The maximum atomic E-state index is 13.6. The van der Waals surface area contributed by atoms with Crippen LogP contribution in [0.3, 0.4) is 0 Å². The molecule has 1 saturated heterocycles. The Bertz CT molecular complexity index is 925. The Labute approximate surface area is 187 Å². The first kappa shape index (κ1) is 22.5. The van der Waals surface area contributed by atoms with E-state index >= 15 is 0 Å². The van der Waals surface area contributed by atoms with Crippen LogP contribution in [0.15, 0.2) is 30.6 Å². The van der Waals surface area contributed by atoms with Crippen LogP contribution in [0.2, 0.25) is 0 Å². The Kier molecular flexibility index (Phi) is 6.35. The largest absolute Gasteiger partial charge is 0.484 e. The van der Waals surface area contributed by atoms with Crippen molar-refractivity contribution in [3.05, 3.63) is 36.2 Å². The third-order valence-electron chi connectivity index (χ3n) is 6.45. The quantitative estimate of drug-likeness (QED) is 0.753. The van der Waals surface area contributed by atoms with Gasteiger partial charge in [-0.1, -0.05) is 32.9 Å². The van der Waals surface area contributed by atoms with Crippen molar-refractivity contribution in [2.24, 2.45) is 5.92 Å². The minimum absolute atomic E-state index is 0.0341. The number of benzene rings is 1. The van der Waals surface area contributed by atoms with Crippen molar-refractivity contribution in [1.29, 1.82) is 0 Å². The summed E-state index contributed by atoms with van der Waals surface area (Å²) in [4.78, 5) is 18.7. The van der Waals surface area contributed by atoms with Crippen molar-refractivity contribution in [2.75, 3.05) is 25.0 Å². The summed E-state index contributed by atoms with van der Waals surface area (Å²) >= 11 is 0. The minimum atomic E-state index is -2.51. The molecule has 1 N–H and O–H groups in total. The number of piperidine rings is 1. The maximum Gasteiger partial charge on any atom is 0.260 e. The zero-order valence-corrected chi connectivity index (χ0v) is 18.8.